The predicted octanol–water partition coefficient (Wildman–Crippen LogP) is 4.21. The number of nitrogens with one attached hydrogen (secondary N) is 2. The first-order chi connectivity index (χ1) is 10.9. The first-order valence-corrected chi connectivity index (χ1v) is 8.21. The van der Waals surface area contributed by atoms with Crippen molar-refractivity contribution in [3.8, 4) is 0 Å². The second-order valence-electron chi connectivity index (χ2n) is 5.18. The van der Waals surface area contributed by atoms with Crippen LogP contribution in [0.1, 0.15) is 21.5 Å². The molecular weight excluding hydrogens is 355 g/mol. The number of halogens is 3. The lowest BCUT2D eigenvalue weighted by molar-refractivity contribution is 0.0929. The maximum atomic E-state index is 12.3. The third-order valence-electron chi connectivity index (χ3n) is 3.27. The molecule has 0 fully saturated rings. The second-order valence-corrected chi connectivity index (χ2v) is 7.55. The van der Waals surface area contributed by atoms with E-state index in [1.54, 1.807) is 12.1 Å². The van der Waals surface area contributed by atoms with Crippen LogP contribution in [0.3, 0.4) is 0 Å². The van der Waals surface area contributed by atoms with Gasteiger partial charge in [-0.25, -0.2) is 0 Å². The molecule has 1 amide bonds. The third kappa shape index (κ3) is 5.70. The summed E-state index contributed by atoms with van der Waals surface area (Å²) in [5.41, 5.74) is 2.61. The van der Waals surface area contributed by atoms with Crippen molar-refractivity contribution < 1.29 is 4.79 Å². The Hall–Kier alpha value is -1.26. The summed E-state index contributed by atoms with van der Waals surface area (Å²) in [4.78, 5) is 12.3. The first kappa shape index (κ1) is 18.1. The van der Waals surface area contributed by atoms with Gasteiger partial charge in [-0.1, -0.05) is 82.8 Å². The van der Waals surface area contributed by atoms with Crippen LogP contribution in [0.15, 0.2) is 54.6 Å². The molecular formula is C17H17Cl3N2O. The van der Waals surface area contributed by atoms with Gasteiger partial charge in [0.1, 0.15) is 6.17 Å². The fraction of sp³-hybridized carbons (Fsp3) is 0.235. The molecule has 1 atom stereocenters. The summed E-state index contributed by atoms with van der Waals surface area (Å²) in [5.74, 6) is -0.304. The minimum absolute atomic E-state index is 0.304. The molecule has 2 aromatic carbocycles. The van der Waals surface area contributed by atoms with Gasteiger partial charge in [0, 0.05) is 12.1 Å². The van der Waals surface area contributed by atoms with Crippen LogP contribution >= 0.6 is 34.8 Å². The Morgan fingerprint density at radius 1 is 1.04 bits per heavy atom. The van der Waals surface area contributed by atoms with Gasteiger partial charge >= 0.3 is 0 Å². The number of aryl methyl sites for hydroxylation is 1. The Morgan fingerprint density at radius 3 is 2.22 bits per heavy atom. The van der Waals surface area contributed by atoms with E-state index in [2.05, 4.69) is 10.6 Å². The van der Waals surface area contributed by atoms with Crippen molar-refractivity contribution in [2.45, 2.75) is 23.4 Å². The largest absolute Gasteiger partial charge is 0.333 e. The van der Waals surface area contributed by atoms with Crippen LogP contribution in [0.4, 0.5) is 0 Å². The molecule has 0 bridgehead atoms. The number of carbonyl (C=O) groups is 1. The molecule has 0 heterocycles. The molecule has 0 aliphatic rings. The van der Waals surface area contributed by atoms with Crippen LogP contribution in [-0.4, -0.2) is 15.9 Å². The number of alkyl halides is 3. The van der Waals surface area contributed by atoms with Gasteiger partial charge in [0.2, 0.25) is 3.79 Å². The fourth-order valence-electron chi connectivity index (χ4n) is 1.98. The number of benzene rings is 2. The molecule has 0 unspecified atom stereocenters. The van der Waals surface area contributed by atoms with E-state index in [0.717, 1.165) is 11.1 Å². The number of rotatable bonds is 5. The lowest BCUT2D eigenvalue weighted by atomic mass is 10.1. The molecule has 2 rings (SSSR count). The Balaban J connectivity index is 2.04. The van der Waals surface area contributed by atoms with E-state index in [9.17, 15) is 4.79 Å². The normalized spacial score (nSPS) is 12.7. The summed E-state index contributed by atoms with van der Waals surface area (Å²) >= 11 is 17.9. The van der Waals surface area contributed by atoms with Gasteiger partial charge in [0.05, 0.1) is 0 Å². The quantitative estimate of drug-likeness (QED) is 0.610. The highest BCUT2D eigenvalue weighted by atomic mass is 35.6. The molecule has 0 saturated heterocycles. The molecule has 0 aliphatic carbocycles. The van der Waals surface area contributed by atoms with Crippen LogP contribution < -0.4 is 10.6 Å². The Kier molecular flexibility index (Phi) is 6.31. The number of hydrogen-bond acceptors (Lipinski definition) is 2. The zero-order chi connectivity index (χ0) is 16.9. The molecule has 6 heteroatoms. The highest BCUT2D eigenvalue weighted by Crippen LogP contribution is 2.29. The summed E-state index contributed by atoms with van der Waals surface area (Å²) in [5, 5.41) is 5.78. The minimum Gasteiger partial charge on any atom is -0.333 e. The van der Waals surface area contributed by atoms with Crippen molar-refractivity contribution in [1.29, 1.82) is 0 Å². The van der Waals surface area contributed by atoms with Gasteiger partial charge < -0.3 is 5.32 Å². The fourth-order valence-corrected chi connectivity index (χ4v) is 2.38. The SMILES string of the molecule is Cc1ccc(C(=O)N[C@@H](NCc2ccccc2)C(Cl)(Cl)Cl)cc1. The van der Waals surface area contributed by atoms with Crippen molar-refractivity contribution in [3.63, 3.8) is 0 Å². The molecule has 23 heavy (non-hydrogen) atoms. The summed E-state index contributed by atoms with van der Waals surface area (Å²) in [7, 11) is 0. The average molecular weight is 372 g/mol. The number of hydrogen-bond donors (Lipinski definition) is 2. The topological polar surface area (TPSA) is 41.1 Å². The monoisotopic (exact) mass is 370 g/mol. The summed E-state index contributed by atoms with van der Waals surface area (Å²) < 4.78 is -1.67. The zero-order valence-electron chi connectivity index (χ0n) is 12.5. The molecule has 0 aromatic heterocycles. The van der Waals surface area contributed by atoms with Crippen LogP contribution in [0.2, 0.25) is 0 Å². The van der Waals surface area contributed by atoms with Crippen LogP contribution in [-0.2, 0) is 6.54 Å². The molecule has 0 radical (unpaired) electrons. The Labute approximate surface area is 150 Å². The van der Waals surface area contributed by atoms with Gasteiger partial charge in [-0.05, 0) is 24.6 Å². The van der Waals surface area contributed by atoms with E-state index in [0.29, 0.717) is 12.1 Å². The van der Waals surface area contributed by atoms with Crippen molar-refractivity contribution >= 4 is 40.7 Å². The van der Waals surface area contributed by atoms with E-state index in [1.165, 1.54) is 0 Å². The van der Waals surface area contributed by atoms with Crippen molar-refractivity contribution in [2.75, 3.05) is 0 Å². The van der Waals surface area contributed by atoms with E-state index < -0.39 is 9.96 Å². The highest BCUT2D eigenvalue weighted by Gasteiger charge is 2.33. The van der Waals surface area contributed by atoms with Crippen molar-refractivity contribution in [2.24, 2.45) is 0 Å². The lowest BCUT2D eigenvalue weighted by Crippen LogP contribution is -2.53. The molecule has 122 valence electrons. The summed E-state index contributed by atoms with van der Waals surface area (Å²) in [6.45, 7) is 2.42. The Bertz CT molecular complexity index is 639. The van der Waals surface area contributed by atoms with Gasteiger partial charge in [-0.3, -0.25) is 10.1 Å². The van der Waals surface area contributed by atoms with E-state index >= 15 is 0 Å². The highest BCUT2D eigenvalue weighted by molar-refractivity contribution is 6.68. The number of carbonyl (C=O) groups excluding carboxylic acids is 1. The van der Waals surface area contributed by atoms with E-state index in [1.807, 2.05) is 49.4 Å². The first-order valence-electron chi connectivity index (χ1n) is 7.08. The van der Waals surface area contributed by atoms with Crippen LogP contribution in [0, 0.1) is 6.92 Å². The molecule has 0 saturated carbocycles. The van der Waals surface area contributed by atoms with Gasteiger partial charge in [0.15, 0.2) is 0 Å². The minimum atomic E-state index is -1.67. The molecule has 2 N–H and O–H groups in total. The Morgan fingerprint density at radius 2 is 1.65 bits per heavy atom. The maximum absolute atomic E-state index is 12.3. The smallest absolute Gasteiger partial charge is 0.252 e. The van der Waals surface area contributed by atoms with E-state index in [-0.39, 0.29) is 5.91 Å². The molecule has 0 aliphatic heterocycles. The summed E-state index contributed by atoms with van der Waals surface area (Å²) in [6.07, 6.45) is -0.818. The predicted molar refractivity (Wildman–Crippen MR) is 96.0 cm³/mol. The van der Waals surface area contributed by atoms with Gasteiger partial charge in [0.25, 0.3) is 5.91 Å². The zero-order valence-corrected chi connectivity index (χ0v) is 14.8. The summed E-state index contributed by atoms with van der Waals surface area (Å²) in [6, 6.07) is 16.9. The van der Waals surface area contributed by atoms with Gasteiger partial charge in [-0.2, -0.15) is 0 Å². The van der Waals surface area contributed by atoms with Crippen molar-refractivity contribution in [3.05, 3.63) is 71.3 Å². The third-order valence-corrected chi connectivity index (χ3v) is 3.92. The molecule has 2 aromatic rings. The second kappa shape index (κ2) is 8.02. The van der Waals surface area contributed by atoms with Crippen LogP contribution in [0.25, 0.3) is 0 Å². The lowest BCUT2D eigenvalue weighted by Gasteiger charge is -2.26. The standard InChI is InChI=1S/C17H17Cl3N2O/c1-12-7-9-14(10-8-12)15(23)22-16(17(18,19)20)21-11-13-5-3-2-4-6-13/h2-10,16,21H,11H2,1H3,(H,22,23)/t16-/m1/s1. The maximum Gasteiger partial charge on any atom is 0.252 e. The number of amides is 1. The average Bonchev–Trinajstić information content (AvgIpc) is 2.51. The molecule has 3 nitrogen and oxygen atoms in total. The molecule has 0 spiro atoms. The van der Waals surface area contributed by atoms with E-state index in [4.69, 9.17) is 34.8 Å². The van der Waals surface area contributed by atoms with Crippen molar-refractivity contribution in [1.82, 2.24) is 10.6 Å². The van der Waals surface area contributed by atoms with Crippen LogP contribution in [0.5, 0.6) is 0 Å². The van der Waals surface area contributed by atoms with Gasteiger partial charge in [-0.15, -0.1) is 0 Å².